The van der Waals surface area contributed by atoms with Gasteiger partial charge < -0.3 is 9.84 Å². The summed E-state index contributed by atoms with van der Waals surface area (Å²) in [5.41, 5.74) is 3.22. The summed E-state index contributed by atoms with van der Waals surface area (Å²) in [6, 6.07) is 14.0. The smallest absolute Gasteiger partial charge is 0.341 e. The number of aryl methyl sites for hydroxylation is 2. The van der Waals surface area contributed by atoms with E-state index in [-0.39, 0.29) is 6.61 Å². The van der Waals surface area contributed by atoms with Crippen molar-refractivity contribution in [2.45, 2.75) is 24.5 Å². The first-order valence-electron chi connectivity index (χ1n) is 7.99. The van der Waals surface area contributed by atoms with Gasteiger partial charge in [0, 0.05) is 10.5 Å². The van der Waals surface area contributed by atoms with Gasteiger partial charge in [-0.25, -0.2) is 4.79 Å². The van der Waals surface area contributed by atoms with Crippen molar-refractivity contribution in [3.05, 3.63) is 58.6 Å². The third kappa shape index (κ3) is 4.83. The van der Waals surface area contributed by atoms with Gasteiger partial charge in [-0.3, -0.25) is 0 Å². The Morgan fingerprint density at radius 2 is 1.92 bits per heavy atom. The number of hydrogen-bond acceptors (Lipinski definition) is 6. The van der Waals surface area contributed by atoms with Crippen LogP contribution in [0.25, 0.3) is 10.6 Å². The number of carboxylic acid groups (broad SMARTS) is 1. The van der Waals surface area contributed by atoms with Gasteiger partial charge in [-0.1, -0.05) is 41.2 Å². The maximum atomic E-state index is 10.6. The largest absolute Gasteiger partial charge is 0.482 e. The van der Waals surface area contributed by atoms with Gasteiger partial charge in [-0.2, -0.15) is 0 Å². The standard InChI is InChI=1S/C19H18N2O3S2/c1-12-3-5-14(6-4-12)19-21-20-17(26-19)11-25-15-7-8-16(13(2)9-15)24-10-18(22)23/h3-9H,10-11H2,1-2H3,(H,22,23). The molecule has 7 heteroatoms. The lowest BCUT2D eigenvalue weighted by atomic mass is 10.2. The summed E-state index contributed by atoms with van der Waals surface area (Å²) in [4.78, 5) is 11.7. The fraction of sp³-hybridized carbons (Fsp3) is 0.211. The lowest BCUT2D eigenvalue weighted by Gasteiger charge is -2.08. The molecule has 0 aliphatic heterocycles. The molecule has 1 N–H and O–H groups in total. The molecule has 0 radical (unpaired) electrons. The van der Waals surface area contributed by atoms with E-state index >= 15 is 0 Å². The first-order chi connectivity index (χ1) is 12.5. The maximum absolute atomic E-state index is 10.6. The minimum Gasteiger partial charge on any atom is -0.482 e. The molecule has 134 valence electrons. The normalized spacial score (nSPS) is 10.7. The summed E-state index contributed by atoms with van der Waals surface area (Å²) in [5, 5.41) is 19.1. The number of aliphatic carboxylic acids is 1. The highest BCUT2D eigenvalue weighted by Gasteiger charge is 2.09. The second-order valence-corrected chi connectivity index (χ2v) is 7.88. The van der Waals surface area contributed by atoms with Crippen molar-refractivity contribution in [3.63, 3.8) is 0 Å². The Balaban J connectivity index is 1.61. The second-order valence-electron chi connectivity index (χ2n) is 5.77. The van der Waals surface area contributed by atoms with Crippen molar-refractivity contribution < 1.29 is 14.6 Å². The van der Waals surface area contributed by atoms with E-state index in [4.69, 9.17) is 9.84 Å². The van der Waals surface area contributed by atoms with Crippen molar-refractivity contribution in [2.75, 3.05) is 6.61 Å². The lowest BCUT2D eigenvalue weighted by molar-refractivity contribution is -0.139. The van der Waals surface area contributed by atoms with Crippen LogP contribution in [0.15, 0.2) is 47.4 Å². The van der Waals surface area contributed by atoms with Crippen molar-refractivity contribution in [1.29, 1.82) is 0 Å². The van der Waals surface area contributed by atoms with Crippen molar-refractivity contribution in [3.8, 4) is 16.3 Å². The van der Waals surface area contributed by atoms with Crippen molar-refractivity contribution in [2.24, 2.45) is 0 Å². The molecule has 0 saturated carbocycles. The maximum Gasteiger partial charge on any atom is 0.341 e. The second kappa shape index (κ2) is 8.33. The van der Waals surface area contributed by atoms with E-state index in [2.05, 4.69) is 41.4 Å². The third-order valence-electron chi connectivity index (χ3n) is 3.63. The highest BCUT2D eigenvalue weighted by Crippen LogP contribution is 2.31. The topological polar surface area (TPSA) is 72.3 Å². The van der Waals surface area contributed by atoms with Crippen LogP contribution in [0.3, 0.4) is 0 Å². The zero-order chi connectivity index (χ0) is 18.5. The SMILES string of the molecule is Cc1ccc(-c2nnc(CSc3ccc(OCC(=O)O)c(C)c3)s2)cc1. The predicted octanol–water partition coefficient (Wildman–Crippen LogP) is 4.58. The molecule has 0 saturated heterocycles. The summed E-state index contributed by atoms with van der Waals surface area (Å²) in [5.74, 6) is 0.344. The van der Waals surface area contributed by atoms with E-state index in [0.717, 1.165) is 31.8 Å². The minimum atomic E-state index is -0.983. The fourth-order valence-electron chi connectivity index (χ4n) is 2.28. The van der Waals surface area contributed by atoms with Gasteiger partial charge in [-0.05, 0) is 37.6 Å². The van der Waals surface area contributed by atoms with E-state index in [9.17, 15) is 4.79 Å². The molecular formula is C19H18N2O3S2. The molecule has 26 heavy (non-hydrogen) atoms. The minimum absolute atomic E-state index is 0.333. The van der Waals surface area contributed by atoms with Gasteiger partial charge in [0.15, 0.2) is 6.61 Å². The third-order valence-corrected chi connectivity index (χ3v) is 5.79. The Kier molecular flexibility index (Phi) is 5.90. The Morgan fingerprint density at radius 1 is 1.15 bits per heavy atom. The van der Waals surface area contributed by atoms with Crippen LogP contribution in [0.4, 0.5) is 0 Å². The highest BCUT2D eigenvalue weighted by molar-refractivity contribution is 7.98. The molecule has 5 nitrogen and oxygen atoms in total. The van der Waals surface area contributed by atoms with Crippen LogP contribution >= 0.6 is 23.1 Å². The Hall–Kier alpha value is -2.38. The number of hydrogen-bond donors (Lipinski definition) is 1. The van der Waals surface area contributed by atoms with E-state index in [1.54, 1.807) is 29.2 Å². The average molecular weight is 386 g/mol. The molecule has 0 spiro atoms. The number of nitrogens with zero attached hydrogens (tertiary/aromatic N) is 2. The molecule has 0 unspecified atom stereocenters. The van der Waals surface area contributed by atoms with E-state index in [1.165, 1.54) is 5.56 Å². The zero-order valence-electron chi connectivity index (χ0n) is 14.4. The number of aromatic nitrogens is 2. The molecule has 0 bridgehead atoms. The van der Waals surface area contributed by atoms with Crippen LogP contribution in [0.1, 0.15) is 16.1 Å². The first-order valence-corrected chi connectivity index (χ1v) is 9.79. The number of carboxylic acids is 1. The van der Waals surface area contributed by atoms with Crippen LogP contribution in [0, 0.1) is 13.8 Å². The summed E-state index contributed by atoms with van der Waals surface area (Å²) in [6.45, 7) is 3.63. The lowest BCUT2D eigenvalue weighted by Crippen LogP contribution is -2.09. The van der Waals surface area contributed by atoms with Crippen LogP contribution < -0.4 is 4.74 Å². The number of carbonyl (C=O) groups is 1. The molecule has 3 rings (SSSR count). The van der Waals surface area contributed by atoms with Crippen LogP contribution in [0.5, 0.6) is 5.75 Å². The Bertz CT molecular complexity index is 907. The van der Waals surface area contributed by atoms with Crippen LogP contribution in [0.2, 0.25) is 0 Å². The molecule has 0 aliphatic carbocycles. The zero-order valence-corrected chi connectivity index (χ0v) is 16.1. The average Bonchev–Trinajstić information content (AvgIpc) is 3.08. The van der Waals surface area contributed by atoms with Crippen molar-refractivity contribution in [1.82, 2.24) is 10.2 Å². The van der Waals surface area contributed by atoms with Crippen LogP contribution in [-0.2, 0) is 10.5 Å². The quantitative estimate of drug-likeness (QED) is 0.599. The van der Waals surface area contributed by atoms with Gasteiger partial charge in [0.2, 0.25) is 0 Å². The van der Waals surface area contributed by atoms with Gasteiger partial charge in [-0.15, -0.1) is 22.0 Å². The van der Waals surface area contributed by atoms with Crippen molar-refractivity contribution >= 4 is 29.1 Å². The molecule has 0 fully saturated rings. The molecule has 0 amide bonds. The van der Waals surface area contributed by atoms with Gasteiger partial charge in [0.25, 0.3) is 0 Å². The van der Waals surface area contributed by atoms with Gasteiger partial charge in [0.05, 0.1) is 5.75 Å². The van der Waals surface area contributed by atoms with Crippen LogP contribution in [-0.4, -0.2) is 27.9 Å². The van der Waals surface area contributed by atoms with E-state index in [1.807, 2.05) is 19.1 Å². The van der Waals surface area contributed by atoms with E-state index in [0.29, 0.717) is 5.75 Å². The molecule has 1 heterocycles. The summed E-state index contributed by atoms with van der Waals surface area (Å²) >= 11 is 3.26. The summed E-state index contributed by atoms with van der Waals surface area (Å²) in [6.07, 6.45) is 0. The molecule has 2 aromatic carbocycles. The highest BCUT2D eigenvalue weighted by atomic mass is 32.2. The van der Waals surface area contributed by atoms with Gasteiger partial charge >= 0.3 is 5.97 Å². The Labute approximate surface area is 160 Å². The molecule has 0 atom stereocenters. The predicted molar refractivity (Wildman–Crippen MR) is 104 cm³/mol. The molecular weight excluding hydrogens is 368 g/mol. The number of ether oxygens (including phenoxy) is 1. The fourth-order valence-corrected chi connectivity index (χ4v) is 4.11. The molecule has 0 aliphatic rings. The Morgan fingerprint density at radius 3 is 2.62 bits per heavy atom. The van der Waals surface area contributed by atoms with E-state index < -0.39 is 5.97 Å². The first kappa shape index (κ1) is 18.4. The monoisotopic (exact) mass is 386 g/mol. The molecule has 3 aromatic rings. The summed E-state index contributed by atoms with van der Waals surface area (Å²) < 4.78 is 5.25. The number of rotatable bonds is 7. The number of thioether (sulfide) groups is 1. The summed E-state index contributed by atoms with van der Waals surface area (Å²) in [7, 11) is 0. The molecule has 1 aromatic heterocycles. The van der Waals surface area contributed by atoms with Gasteiger partial charge in [0.1, 0.15) is 15.8 Å². The number of benzene rings is 2.